The second kappa shape index (κ2) is 5.46. The van der Waals surface area contributed by atoms with Crippen molar-refractivity contribution in [3.63, 3.8) is 0 Å². The highest BCUT2D eigenvalue weighted by molar-refractivity contribution is 5.95. The molecule has 1 rings (SSSR count). The van der Waals surface area contributed by atoms with Gasteiger partial charge in [0.25, 0.3) is 11.6 Å². The number of likely N-dealkylation sites (N-methyl/N-ethyl adjacent to an activating group) is 1. The lowest BCUT2D eigenvalue weighted by atomic mass is 10.1. The van der Waals surface area contributed by atoms with Crippen molar-refractivity contribution in [1.82, 2.24) is 4.90 Å². The van der Waals surface area contributed by atoms with Crippen molar-refractivity contribution in [3.05, 3.63) is 33.9 Å². The van der Waals surface area contributed by atoms with Crippen LogP contribution in [0.1, 0.15) is 17.3 Å². The minimum Gasteiger partial charge on any atom is -0.393 e. The van der Waals surface area contributed by atoms with Gasteiger partial charge in [0.15, 0.2) is 0 Å². The zero-order chi connectivity index (χ0) is 13.9. The summed E-state index contributed by atoms with van der Waals surface area (Å²) < 4.78 is 0. The molecular formula is C11H15N3O4. The van der Waals surface area contributed by atoms with Crippen LogP contribution in [-0.2, 0) is 0 Å². The van der Waals surface area contributed by atoms with Gasteiger partial charge < -0.3 is 15.7 Å². The fourth-order valence-electron chi connectivity index (χ4n) is 1.55. The first-order valence-corrected chi connectivity index (χ1v) is 5.30. The van der Waals surface area contributed by atoms with Crippen LogP contribution in [0.2, 0.25) is 0 Å². The Hall–Kier alpha value is -2.15. The number of rotatable bonds is 4. The first kappa shape index (κ1) is 13.9. The number of hydrogen-bond donors (Lipinski definition) is 2. The zero-order valence-corrected chi connectivity index (χ0v) is 10.2. The van der Waals surface area contributed by atoms with Crippen molar-refractivity contribution in [2.45, 2.75) is 13.0 Å². The van der Waals surface area contributed by atoms with Gasteiger partial charge in [-0.25, -0.2) is 0 Å². The van der Waals surface area contributed by atoms with Crippen molar-refractivity contribution in [2.75, 3.05) is 19.3 Å². The second-order valence-electron chi connectivity index (χ2n) is 4.07. The molecule has 7 nitrogen and oxygen atoms in total. The van der Waals surface area contributed by atoms with E-state index in [0.29, 0.717) is 0 Å². The molecule has 0 saturated carbocycles. The number of carbonyl (C=O) groups excluding carboxylic acids is 1. The van der Waals surface area contributed by atoms with Crippen molar-refractivity contribution in [1.29, 1.82) is 0 Å². The first-order valence-electron chi connectivity index (χ1n) is 5.30. The van der Waals surface area contributed by atoms with Crippen molar-refractivity contribution in [3.8, 4) is 0 Å². The Morgan fingerprint density at radius 2 is 2.22 bits per heavy atom. The van der Waals surface area contributed by atoms with Gasteiger partial charge in [0.2, 0.25) is 0 Å². The van der Waals surface area contributed by atoms with Gasteiger partial charge in [-0.05, 0) is 19.1 Å². The Bertz CT molecular complexity index is 473. The van der Waals surface area contributed by atoms with E-state index in [9.17, 15) is 20.0 Å². The summed E-state index contributed by atoms with van der Waals surface area (Å²) in [6.45, 7) is 1.74. The lowest BCUT2D eigenvalue weighted by Gasteiger charge is -2.18. The molecule has 1 amide bonds. The quantitative estimate of drug-likeness (QED) is 0.464. The summed E-state index contributed by atoms with van der Waals surface area (Å²) in [5.74, 6) is -0.350. The third-order valence-electron chi connectivity index (χ3n) is 2.36. The summed E-state index contributed by atoms with van der Waals surface area (Å²) in [5.41, 5.74) is 5.46. The van der Waals surface area contributed by atoms with Crippen LogP contribution >= 0.6 is 0 Å². The number of hydrogen-bond acceptors (Lipinski definition) is 5. The number of carbonyl (C=O) groups is 1. The molecule has 3 N–H and O–H groups in total. The molecule has 1 aromatic carbocycles. The number of aliphatic hydroxyl groups is 1. The highest BCUT2D eigenvalue weighted by Gasteiger charge is 2.17. The van der Waals surface area contributed by atoms with Crippen LogP contribution < -0.4 is 5.73 Å². The standard InChI is InChI=1S/C11H15N3O4/c1-7(15)6-13(2)11(16)8-3-4-10(14(17)18)9(12)5-8/h3-5,7,15H,6,12H2,1-2H3. The van der Waals surface area contributed by atoms with Gasteiger partial charge in [-0.15, -0.1) is 0 Å². The molecular weight excluding hydrogens is 238 g/mol. The van der Waals surface area contributed by atoms with E-state index in [1.165, 1.54) is 30.1 Å². The lowest BCUT2D eigenvalue weighted by Crippen LogP contribution is -2.33. The average Bonchev–Trinajstić information content (AvgIpc) is 2.26. The van der Waals surface area contributed by atoms with Crippen molar-refractivity contribution < 1.29 is 14.8 Å². The molecule has 0 spiro atoms. The third-order valence-corrected chi connectivity index (χ3v) is 2.36. The molecule has 0 saturated heterocycles. The molecule has 0 aliphatic heterocycles. The van der Waals surface area contributed by atoms with Crippen LogP contribution in [0.4, 0.5) is 11.4 Å². The van der Waals surface area contributed by atoms with E-state index < -0.39 is 11.0 Å². The maximum atomic E-state index is 11.9. The summed E-state index contributed by atoms with van der Waals surface area (Å²) in [7, 11) is 1.53. The molecule has 7 heteroatoms. The van der Waals surface area contributed by atoms with Crippen LogP contribution in [0.15, 0.2) is 18.2 Å². The number of nitrogens with zero attached hydrogens (tertiary/aromatic N) is 2. The zero-order valence-electron chi connectivity index (χ0n) is 10.2. The van der Waals surface area contributed by atoms with Gasteiger partial charge in [-0.1, -0.05) is 0 Å². The van der Waals surface area contributed by atoms with E-state index in [1.54, 1.807) is 6.92 Å². The number of nitrogen functional groups attached to an aromatic ring is 1. The molecule has 0 radical (unpaired) electrons. The number of nitro benzene ring substituents is 1. The molecule has 18 heavy (non-hydrogen) atoms. The molecule has 0 heterocycles. The minimum absolute atomic E-state index is 0.0590. The normalized spacial score (nSPS) is 11.9. The lowest BCUT2D eigenvalue weighted by molar-refractivity contribution is -0.383. The molecule has 0 aliphatic carbocycles. The van der Waals surface area contributed by atoms with Gasteiger partial charge in [0, 0.05) is 25.2 Å². The predicted octanol–water partition coefficient (Wildman–Crippen LogP) is 0.630. The molecule has 1 atom stereocenters. The summed E-state index contributed by atoms with van der Waals surface area (Å²) in [5, 5.41) is 19.8. The van der Waals surface area contributed by atoms with Crippen LogP contribution in [0, 0.1) is 10.1 Å². The van der Waals surface area contributed by atoms with E-state index in [-0.39, 0.29) is 29.4 Å². The fourth-order valence-corrected chi connectivity index (χ4v) is 1.55. The van der Waals surface area contributed by atoms with Crippen LogP contribution in [0.5, 0.6) is 0 Å². The highest BCUT2D eigenvalue weighted by atomic mass is 16.6. The SMILES string of the molecule is CC(O)CN(C)C(=O)c1ccc([N+](=O)[O-])c(N)c1. The van der Waals surface area contributed by atoms with Crippen molar-refractivity contribution in [2.24, 2.45) is 0 Å². The van der Waals surface area contributed by atoms with Crippen LogP contribution in [0.25, 0.3) is 0 Å². The van der Waals surface area contributed by atoms with E-state index in [2.05, 4.69) is 0 Å². The maximum Gasteiger partial charge on any atom is 0.292 e. The molecule has 1 unspecified atom stereocenters. The van der Waals surface area contributed by atoms with E-state index in [1.807, 2.05) is 0 Å². The smallest absolute Gasteiger partial charge is 0.292 e. The summed E-state index contributed by atoms with van der Waals surface area (Å²) in [4.78, 5) is 23.2. The van der Waals surface area contributed by atoms with E-state index in [0.717, 1.165) is 0 Å². The Kier molecular flexibility index (Phi) is 4.22. The summed E-state index contributed by atoms with van der Waals surface area (Å²) in [6.07, 6.45) is -0.644. The summed E-state index contributed by atoms with van der Waals surface area (Å²) in [6, 6.07) is 3.80. The topological polar surface area (TPSA) is 110 Å². The monoisotopic (exact) mass is 253 g/mol. The highest BCUT2D eigenvalue weighted by Crippen LogP contribution is 2.22. The Balaban J connectivity index is 2.94. The third kappa shape index (κ3) is 3.17. The number of benzene rings is 1. The fraction of sp³-hybridized carbons (Fsp3) is 0.364. The maximum absolute atomic E-state index is 11.9. The number of amides is 1. The number of anilines is 1. The number of nitro groups is 1. The number of nitrogens with two attached hydrogens (primary N) is 1. The molecule has 0 bridgehead atoms. The van der Waals surface area contributed by atoms with Gasteiger partial charge >= 0.3 is 0 Å². The first-order chi connectivity index (χ1) is 8.32. The van der Waals surface area contributed by atoms with Crippen LogP contribution in [-0.4, -0.2) is 40.5 Å². The molecule has 1 aromatic rings. The van der Waals surface area contributed by atoms with Crippen LogP contribution in [0.3, 0.4) is 0 Å². The van der Waals surface area contributed by atoms with Gasteiger partial charge in [-0.3, -0.25) is 14.9 Å². The summed E-state index contributed by atoms with van der Waals surface area (Å²) >= 11 is 0. The Labute approximate surface area is 104 Å². The number of aliphatic hydroxyl groups excluding tert-OH is 1. The molecule has 98 valence electrons. The predicted molar refractivity (Wildman–Crippen MR) is 66.2 cm³/mol. The second-order valence-corrected chi connectivity index (χ2v) is 4.07. The minimum atomic E-state index is -0.644. The molecule has 0 aromatic heterocycles. The molecule has 0 aliphatic rings. The van der Waals surface area contributed by atoms with E-state index in [4.69, 9.17) is 5.73 Å². The van der Waals surface area contributed by atoms with E-state index >= 15 is 0 Å². The average molecular weight is 253 g/mol. The van der Waals surface area contributed by atoms with Crippen molar-refractivity contribution >= 4 is 17.3 Å². The Morgan fingerprint density at radius 3 is 2.67 bits per heavy atom. The van der Waals surface area contributed by atoms with Gasteiger partial charge in [0.1, 0.15) is 5.69 Å². The van der Waals surface area contributed by atoms with Gasteiger partial charge in [0.05, 0.1) is 11.0 Å². The largest absolute Gasteiger partial charge is 0.393 e. The molecule has 0 fully saturated rings. The Morgan fingerprint density at radius 1 is 1.61 bits per heavy atom. The van der Waals surface area contributed by atoms with Gasteiger partial charge in [-0.2, -0.15) is 0 Å².